The first kappa shape index (κ1) is 18.1. The van der Waals surface area contributed by atoms with Crippen LogP contribution in [0.1, 0.15) is 45.6 Å². The normalized spacial score (nSPS) is 14.9. The van der Waals surface area contributed by atoms with Crippen molar-refractivity contribution >= 4 is 10.0 Å². The monoisotopic (exact) mass is 312 g/mol. The lowest BCUT2D eigenvalue weighted by Crippen LogP contribution is -2.33. The van der Waals surface area contributed by atoms with Crippen molar-refractivity contribution in [2.75, 3.05) is 6.54 Å². The minimum absolute atomic E-state index is 0.0538. The maximum Gasteiger partial charge on any atom is 0.240 e. The van der Waals surface area contributed by atoms with Crippen molar-refractivity contribution in [1.82, 2.24) is 4.72 Å². The molecule has 1 aromatic carbocycles. The fourth-order valence-corrected chi connectivity index (χ4v) is 3.55. The molecule has 0 amide bonds. The maximum absolute atomic E-state index is 12.3. The average Bonchev–Trinajstić information content (AvgIpc) is 2.44. The van der Waals surface area contributed by atoms with Gasteiger partial charge < -0.3 is 5.73 Å². The molecule has 2 unspecified atom stereocenters. The van der Waals surface area contributed by atoms with E-state index in [4.69, 9.17) is 5.73 Å². The van der Waals surface area contributed by atoms with Gasteiger partial charge in [0.1, 0.15) is 0 Å². The second kappa shape index (κ2) is 8.51. The Morgan fingerprint density at radius 2 is 1.81 bits per heavy atom. The van der Waals surface area contributed by atoms with E-state index < -0.39 is 10.0 Å². The molecule has 0 aliphatic rings. The highest BCUT2D eigenvalue weighted by Gasteiger charge is 2.18. The SMILES string of the molecule is CCC(C)CC(C)NS(=O)(=O)c1ccc(CCCN)cc1. The molecule has 0 aromatic heterocycles. The number of hydrogen-bond donors (Lipinski definition) is 2. The van der Waals surface area contributed by atoms with Gasteiger partial charge in [0.05, 0.1) is 4.90 Å². The third-order valence-electron chi connectivity index (χ3n) is 3.71. The number of rotatable bonds is 9. The molecular weight excluding hydrogens is 284 g/mol. The highest BCUT2D eigenvalue weighted by Crippen LogP contribution is 2.15. The van der Waals surface area contributed by atoms with Crippen LogP contribution in [0.5, 0.6) is 0 Å². The minimum atomic E-state index is -3.43. The molecule has 5 heteroatoms. The first-order valence-corrected chi connectivity index (χ1v) is 9.18. The van der Waals surface area contributed by atoms with Crippen molar-refractivity contribution in [2.24, 2.45) is 11.7 Å². The van der Waals surface area contributed by atoms with Gasteiger partial charge in [0.2, 0.25) is 10.0 Å². The van der Waals surface area contributed by atoms with E-state index in [1.807, 2.05) is 19.1 Å². The van der Waals surface area contributed by atoms with E-state index in [0.717, 1.165) is 31.2 Å². The highest BCUT2D eigenvalue weighted by atomic mass is 32.2. The van der Waals surface area contributed by atoms with Gasteiger partial charge in [0.25, 0.3) is 0 Å². The quantitative estimate of drug-likeness (QED) is 0.736. The summed E-state index contributed by atoms with van der Waals surface area (Å²) in [6.07, 6.45) is 3.71. The predicted octanol–water partition coefficient (Wildman–Crippen LogP) is 2.68. The van der Waals surface area contributed by atoms with Crippen LogP contribution >= 0.6 is 0 Å². The van der Waals surface area contributed by atoms with Crippen LogP contribution in [0.4, 0.5) is 0 Å². The number of aryl methyl sites for hydroxylation is 1. The van der Waals surface area contributed by atoms with Crippen LogP contribution in [0.15, 0.2) is 29.2 Å². The van der Waals surface area contributed by atoms with E-state index in [1.165, 1.54) is 0 Å². The Morgan fingerprint density at radius 3 is 2.33 bits per heavy atom. The van der Waals surface area contributed by atoms with Crippen molar-refractivity contribution < 1.29 is 8.42 Å². The molecule has 0 heterocycles. The zero-order chi connectivity index (χ0) is 15.9. The molecule has 0 aliphatic heterocycles. The maximum atomic E-state index is 12.3. The Balaban J connectivity index is 2.69. The van der Waals surface area contributed by atoms with E-state index in [1.54, 1.807) is 12.1 Å². The van der Waals surface area contributed by atoms with Gasteiger partial charge in [0.15, 0.2) is 0 Å². The van der Waals surface area contributed by atoms with E-state index in [9.17, 15) is 8.42 Å². The molecule has 0 spiro atoms. The Hall–Kier alpha value is -0.910. The standard InChI is InChI=1S/C16H28N2O2S/c1-4-13(2)12-14(3)18-21(19,20)16-9-7-15(8-10-16)6-5-11-17/h7-10,13-14,18H,4-6,11-12,17H2,1-3H3. The summed E-state index contributed by atoms with van der Waals surface area (Å²) < 4.78 is 27.4. The molecule has 1 rings (SSSR count). The Morgan fingerprint density at radius 1 is 1.19 bits per heavy atom. The summed E-state index contributed by atoms with van der Waals surface area (Å²) in [4.78, 5) is 0.329. The molecule has 0 bridgehead atoms. The van der Waals surface area contributed by atoms with E-state index in [2.05, 4.69) is 18.6 Å². The number of nitrogens with two attached hydrogens (primary N) is 1. The lowest BCUT2D eigenvalue weighted by atomic mass is 10.0. The Labute approximate surface area is 129 Å². The summed E-state index contributed by atoms with van der Waals surface area (Å²) in [5.41, 5.74) is 6.59. The molecule has 21 heavy (non-hydrogen) atoms. The van der Waals surface area contributed by atoms with Gasteiger partial charge in [-0.2, -0.15) is 0 Å². The van der Waals surface area contributed by atoms with Gasteiger partial charge in [-0.1, -0.05) is 32.4 Å². The van der Waals surface area contributed by atoms with Crippen LogP contribution in [0.25, 0.3) is 0 Å². The first-order chi connectivity index (χ1) is 9.89. The lowest BCUT2D eigenvalue weighted by Gasteiger charge is -2.17. The van der Waals surface area contributed by atoms with Crippen molar-refractivity contribution in [2.45, 2.75) is 57.4 Å². The van der Waals surface area contributed by atoms with Gasteiger partial charge in [0, 0.05) is 6.04 Å². The average molecular weight is 312 g/mol. The minimum Gasteiger partial charge on any atom is -0.330 e. The second-order valence-corrected chi connectivity index (χ2v) is 7.52. The molecule has 0 saturated carbocycles. The summed E-state index contributed by atoms with van der Waals surface area (Å²) in [5.74, 6) is 0.515. The fourth-order valence-electron chi connectivity index (χ4n) is 2.29. The highest BCUT2D eigenvalue weighted by molar-refractivity contribution is 7.89. The zero-order valence-corrected chi connectivity index (χ0v) is 14.1. The van der Waals surface area contributed by atoms with Crippen LogP contribution in [-0.2, 0) is 16.4 Å². The molecule has 1 aromatic rings. The van der Waals surface area contributed by atoms with Crippen molar-refractivity contribution in [3.05, 3.63) is 29.8 Å². The molecule has 0 saturated heterocycles. The summed E-state index contributed by atoms with van der Waals surface area (Å²) in [6, 6.07) is 7.02. The third-order valence-corrected chi connectivity index (χ3v) is 5.32. The number of benzene rings is 1. The molecule has 0 fully saturated rings. The van der Waals surface area contributed by atoms with Crippen molar-refractivity contribution in [3.63, 3.8) is 0 Å². The van der Waals surface area contributed by atoms with E-state index >= 15 is 0 Å². The van der Waals surface area contributed by atoms with E-state index in [0.29, 0.717) is 17.4 Å². The topological polar surface area (TPSA) is 72.2 Å². The van der Waals surface area contributed by atoms with Crippen molar-refractivity contribution in [3.8, 4) is 0 Å². The summed E-state index contributed by atoms with van der Waals surface area (Å²) >= 11 is 0. The van der Waals surface area contributed by atoms with Gasteiger partial charge in [-0.3, -0.25) is 0 Å². The number of hydrogen-bond acceptors (Lipinski definition) is 3. The van der Waals surface area contributed by atoms with Gasteiger partial charge in [-0.25, -0.2) is 13.1 Å². The molecule has 3 N–H and O–H groups in total. The lowest BCUT2D eigenvalue weighted by molar-refractivity contribution is 0.445. The van der Waals surface area contributed by atoms with Crippen LogP contribution in [-0.4, -0.2) is 21.0 Å². The molecular formula is C16H28N2O2S. The van der Waals surface area contributed by atoms with Crippen LogP contribution < -0.4 is 10.5 Å². The van der Waals surface area contributed by atoms with E-state index in [-0.39, 0.29) is 6.04 Å². The summed E-state index contributed by atoms with van der Waals surface area (Å²) in [5, 5.41) is 0. The smallest absolute Gasteiger partial charge is 0.240 e. The molecule has 120 valence electrons. The van der Waals surface area contributed by atoms with Crippen LogP contribution in [0.3, 0.4) is 0 Å². The largest absolute Gasteiger partial charge is 0.330 e. The van der Waals surface area contributed by atoms with Gasteiger partial charge >= 0.3 is 0 Å². The summed E-state index contributed by atoms with van der Waals surface area (Å²) in [7, 11) is -3.43. The first-order valence-electron chi connectivity index (χ1n) is 7.70. The summed E-state index contributed by atoms with van der Waals surface area (Å²) in [6.45, 7) is 6.82. The van der Waals surface area contributed by atoms with Gasteiger partial charge in [-0.15, -0.1) is 0 Å². The van der Waals surface area contributed by atoms with Crippen LogP contribution in [0, 0.1) is 5.92 Å². The fraction of sp³-hybridized carbons (Fsp3) is 0.625. The Bertz CT molecular complexity index is 512. The zero-order valence-electron chi connectivity index (χ0n) is 13.3. The predicted molar refractivity (Wildman–Crippen MR) is 87.7 cm³/mol. The van der Waals surface area contributed by atoms with Gasteiger partial charge in [-0.05, 0) is 56.3 Å². The van der Waals surface area contributed by atoms with Crippen LogP contribution in [0.2, 0.25) is 0 Å². The molecule has 0 radical (unpaired) electrons. The number of nitrogens with one attached hydrogen (secondary N) is 1. The molecule has 2 atom stereocenters. The van der Waals surface area contributed by atoms with Crippen molar-refractivity contribution in [1.29, 1.82) is 0 Å². The molecule has 4 nitrogen and oxygen atoms in total. The second-order valence-electron chi connectivity index (χ2n) is 5.81. The Kier molecular flexibility index (Phi) is 7.35. The third kappa shape index (κ3) is 6.16. The number of sulfonamides is 1. The molecule has 0 aliphatic carbocycles.